The summed E-state index contributed by atoms with van der Waals surface area (Å²) >= 11 is 0. The van der Waals surface area contributed by atoms with Gasteiger partial charge in [-0.3, -0.25) is 0 Å². The minimum Gasteiger partial charge on any atom is -0.448 e. The molecule has 0 unspecified atom stereocenters. The Morgan fingerprint density at radius 2 is 2.12 bits per heavy atom. The van der Waals surface area contributed by atoms with Gasteiger partial charge in [0.15, 0.2) is 5.89 Å². The van der Waals surface area contributed by atoms with Crippen LogP contribution in [0.2, 0.25) is 0 Å². The van der Waals surface area contributed by atoms with Gasteiger partial charge in [-0.1, -0.05) is 24.3 Å². The molecule has 2 N–H and O–H groups in total. The molecule has 1 heterocycles. The van der Waals surface area contributed by atoms with Gasteiger partial charge in [-0.25, -0.2) is 4.98 Å². The average Bonchev–Trinajstić information content (AvgIpc) is 2.77. The molecule has 2 aromatic rings. The predicted octanol–water partition coefficient (Wildman–Crippen LogP) is 2.47. The molecule has 0 radical (unpaired) electrons. The number of oxazole rings is 1. The van der Waals surface area contributed by atoms with E-state index in [4.69, 9.17) is 10.2 Å². The second kappa shape index (κ2) is 5.64. The van der Waals surface area contributed by atoms with E-state index in [0.29, 0.717) is 6.54 Å². The molecule has 1 aromatic heterocycles. The van der Waals surface area contributed by atoms with Crippen LogP contribution in [0, 0.1) is 6.92 Å². The smallest absolute Gasteiger partial charge is 0.198 e. The van der Waals surface area contributed by atoms with Gasteiger partial charge in [-0.2, -0.15) is 0 Å². The fourth-order valence-corrected chi connectivity index (χ4v) is 1.80. The van der Waals surface area contributed by atoms with E-state index in [1.807, 2.05) is 12.1 Å². The standard InChI is InChI=1S/C14H18N2O/c1-11-5-2-3-6-12(11)9-14-16-13(10-17-14)7-4-8-15/h2-3,5-6,10H,4,7-9,15H2,1H3. The van der Waals surface area contributed by atoms with Crippen LogP contribution in [-0.4, -0.2) is 11.5 Å². The highest BCUT2D eigenvalue weighted by Crippen LogP contribution is 2.13. The van der Waals surface area contributed by atoms with Crippen molar-refractivity contribution in [1.82, 2.24) is 4.98 Å². The first kappa shape index (κ1) is 11.9. The Bertz CT molecular complexity index is 477. The van der Waals surface area contributed by atoms with E-state index in [2.05, 4.69) is 24.0 Å². The van der Waals surface area contributed by atoms with Crippen molar-refractivity contribution in [3.8, 4) is 0 Å². The summed E-state index contributed by atoms with van der Waals surface area (Å²) in [6, 6.07) is 8.30. The van der Waals surface area contributed by atoms with Crippen LogP contribution in [0.15, 0.2) is 34.9 Å². The highest BCUT2D eigenvalue weighted by Gasteiger charge is 2.06. The Hall–Kier alpha value is -1.61. The Kier molecular flexibility index (Phi) is 3.94. The van der Waals surface area contributed by atoms with Gasteiger partial charge in [0.05, 0.1) is 5.69 Å². The van der Waals surface area contributed by atoms with Crippen molar-refractivity contribution in [2.75, 3.05) is 6.54 Å². The Morgan fingerprint density at radius 3 is 2.88 bits per heavy atom. The minimum absolute atomic E-state index is 0.694. The van der Waals surface area contributed by atoms with Gasteiger partial charge in [-0.15, -0.1) is 0 Å². The minimum atomic E-state index is 0.694. The number of aromatic nitrogens is 1. The van der Waals surface area contributed by atoms with Crippen LogP contribution in [0.3, 0.4) is 0 Å². The molecule has 0 amide bonds. The van der Waals surface area contributed by atoms with E-state index < -0.39 is 0 Å². The van der Waals surface area contributed by atoms with E-state index in [1.165, 1.54) is 11.1 Å². The lowest BCUT2D eigenvalue weighted by Gasteiger charge is -2.01. The molecule has 1 aromatic carbocycles. The third-order valence-corrected chi connectivity index (χ3v) is 2.84. The zero-order valence-electron chi connectivity index (χ0n) is 10.1. The molecule has 0 atom stereocenters. The molecule has 0 spiro atoms. The van der Waals surface area contributed by atoms with Gasteiger partial charge in [-0.05, 0) is 37.4 Å². The number of nitrogens with zero attached hydrogens (tertiary/aromatic N) is 1. The third kappa shape index (κ3) is 3.17. The van der Waals surface area contributed by atoms with E-state index in [1.54, 1.807) is 6.26 Å². The number of benzene rings is 1. The molecular weight excluding hydrogens is 212 g/mol. The number of nitrogens with two attached hydrogens (primary N) is 1. The third-order valence-electron chi connectivity index (χ3n) is 2.84. The molecule has 2 rings (SSSR count). The maximum Gasteiger partial charge on any atom is 0.198 e. The molecule has 0 saturated carbocycles. The SMILES string of the molecule is Cc1ccccc1Cc1nc(CCCN)co1. The highest BCUT2D eigenvalue weighted by molar-refractivity contribution is 5.27. The van der Waals surface area contributed by atoms with E-state index >= 15 is 0 Å². The summed E-state index contributed by atoms with van der Waals surface area (Å²) in [5.41, 5.74) is 9.00. The molecule has 3 nitrogen and oxygen atoms in total. The number of aryl methyl sites for hydroxylation is 2. The lowest BCUT2D eigenvalue weighted by Crippen LogP contribution is -2.00. The Labute approximate surface area is 102 Å². The van der Waals surface area contributed by atoms with Crippen LogP contribution >= 0.6 is 0 Å². The summed E-state index contributed by atoms with van der Waals surface area (Å²) in [7, 11) is 0. The van der Waals surface area contributed by atoms with Gasteiger partial charge in [0.1, 0.15) is 6.26 Å². The van der Waals surface area contributed by atoms with Gasteiger partial charge < -0.3 is 10.2 Å². The van der Waals surface area contributed by atoms with E-state index in [-0.39, 0.29) is 0 Å². The van der Waals surface area contributed by atoms with Crippen LogP contribution in [-0.2, 0) is 12.8 Å². The fraction of sp³-hybridized carbons (Fsp3) is 0.357. The summed E-state index contributed by atoms with van der Waals surface area (Å²) in [6.45, 7) is 2.80. The van der Waals surface area contributed by atoms with E-state index in [0.717, 1.165) is 30.8 Å². The zero-order chi connectivity index (χ0) is 12.1. The summed E-state index contributed by atoms with van der Waals surface area (Å²) in [5, 5.41) is 0. The van der Waals surface area contributed by atoms with Crippen molar-refractivity contribution in [2.45, 2.75) is 26.2 Å². The molecular formula is C14H18N2O. The first-order valence-corrected chi connectivity index (χ1v) is 5.97. The fourth-order valence-electron chi connectivity index (χ4n) is 1.80. The summed E-state index contributed by atoms with van der Waals surface area (Å²) in [5.74, 6) is 0.784. The molecule has 17 heavy (non-hydrogen) atoms. The van der Waals surface area contributed by atoms with Crippen LogP contribution in [0.1, 0.15) is 29.1 Å². The van der Waals surface area contributed by atoms with Crippen molar-refractivity contribution in [3.05, 3.63) is 53.2 Å². The number of hydrogen-bond donors (Lipinski definition) is 1. The van der Waals surface area contributed by atoms with Gasteiger partial charge in [0.25, 0.3) is 0 Å². The van der Waals surface area contributed by atoms with Crippen molar-refractivity contribution in [1.29, 1.82) is 0 Å². The Balaban J connectivity index is 2.04. The molecule has 0 saturated heterocycles. The van der Waals surface area contributed by atoms with Crippen molar-refractivity contribution < 1.29 is 4.42 Å². The highest BCUT2D eigenvalue weighted by atomic mass is 16.3. The van der Waals surface area contributed by atoms with Crippen molar-refractivity contribution in [3.63, 3.8) is 0 Å². The van der Waals surface area contributed by atoms with Crippen LogP contribution in [0.5, 0.6) is 0 Å². The van der Waals surface area contributed by atoms with Gasteiger partial charge in [0, 0.05) is 6.42 Å². The first-order valence-electron chi connectivity index (χ1n) is 5.97. The second-order valence-electron chi connectivity index (χ2n) is 4.23. The Morgan fingerprint density at radius 1 is 1.29 bits per heavy atom. The topological polar surface area (TPSA) is 52.0 Å². The second-order valence-corrected chi connectivity index (χ2v) is 4.23. The van der Waals surface area contributed by atoms with Crippen LogP contribution < -0.4 is 5.73 Å². The maximum absolute atomic E-state index is 5.47. The predicted molar refractivity (Wildman–Crippen MR) is 67.9 cm³/mol. The maximum atomic E-state index is 5.47. The number of rotatable bonds is 5. The molecule has 0 bridgehead atoms. The molecule has 0 aliphatic rings. The average molecular weight is 230 g/mol. The normalized spacial score (nSPS) is 10.7. The van der Waals surface area contributed by atoms with Gasteiger partial charge in [0.2, 0.25) is 0 Å². The van der Waals surface area contributed by atoms with Gasteiger partial charge >= 0.3 is 0 Å². The van der Waals surface area contributed by atoms with E-state index in [9.17, 15) is 0 Å². The molecule has 3 heteroatoms. The number of hydrogen-bond acceptors (Lipinski definition) is 3. The molecule has 0 aliphatic carbocycles. The summed E-state index contributed by atoms with van der Waals surface area (Å²) < 4.78 is 5.47. The van der Waals surface area contributed by atoms with Crippen molar-refractivity contribution >= 4 is 0 Å². The summed E-state index contributed by atoms with van der Waals surface area (Å²) in [6.07, 6.45) is 4.35. The van der Waals surface area contributed by atoms with Crippen LogP contribution in [0.4, 0.5) is 0 Å². The molecule has 0 fully saturated rings. The molecule has 0 aliphatic heterocycles. The van der Waals surface area contributed by atoms with Crippen molar-refractivity contribution in [2.24, 2.45) is 5.73 Å². The largest absolute Gasteiger partial charge is 0.448 e. The van der Waals surface area contributed by atoms with Crippen LogP contribution in [0.25, 0.3) is 0 Å². The first-order chi connectivity index (χ1) is 8.29. The zero-order valence-corrected chi connectivity index (χ0v) is 10.1. The lowest BCUT2D eigenvalue weighted by atomic mass is 10.1. The monoisotopic (exact) mass is 230 g/mol. The quantitative estimate of drug-likeness (QED) is 0.858. The lowest BCUT2D eigenvalue weighted by molar-refractivity contribution is 0.506. The summed E-state index contributed by atoms with van der Waals surface area (Å²) in [4.78, 5) is 4.46. The molecule has 90 valence electrons.